The van der Waals surface area contributed by atoms with Crippen LogP contribution in [0.5, 0.6) is 5.75 Å². The van der Waals surface area contributed by atoms with Gasteiger partial charge in [0.15, 0.2) is 6.73 Å². The number of carbonyl (C=O) groups is 1. The minimum absolute atomic E-state index is 0.102. The highest BCUT2D eigenvalue weighted by atomic mass is 35.5. The molecule has 0 saturated heterocycles. The van der Waals surface area contributed by atoms with Gasteiger partial charge in [0.1, 0.15) is 16.5 Å². The number of carbonyl (C=O) groups excluding carboxylic acids is 1. The molecule has 0 aliphatic heterocycles. The molecule has 0 aliphatic rings. The molecule has 0 bridgehead atoms. The molecule has 3 rings (SSSR count). The Balaban J connectivity index is 1.62. The second-order valence-corrected chi connectivity index (χ2v) is 6.89. The van der Waals surface area contributed by atoms with E-state index < -0.39 is 0 Å². The highest BCUT2D eigenvalue weighted by molar-refractivity contribution is 6.42. The first-order valence-electron chi connectivity index (χ1n) is 8.26. The van der Waals surface area contributed by atoms with Crippen LogP contribution < -0.4 is 10.1 Å². The van der Waals surface area contributed by atoms with Gasteiger partial charge < -0.3 is 10.1 Å². The number of halogens is 2. The Morgan fingerprint density at radius 1 is 1.30 bits per heavy atom. The molecule has 1 atom stereocenters. The Kier molecular flexibility index (Phi) is 5.72. The molecule has 9 heteroatoms. The highest BCUT2D eigenvalue weighted by Crippen LogP contribution is 2.31. The van der Waals surface area contributed by atoms with Crippen molar-refractivity contribution in [2.45, 2.75) is 26.6 Å². The van der Waals surface area contributed by atoms with E-state index in [1.807, 2.05) is 27.1 Å². The quantitative estimate of drug-likeness (QED) is 0.674. The van der Waals surface area contributed by atoms with Gasteiger partial charge >= 0.3 is 0 Å². The summed E-state index contributed by atoms with van der Waals surface area (Å²) in [4.78, 5) is 12.4. The van der Waals surface area contributed by atoms with Crippen molar-refractivity contribution in [1.82, 2.24) is 24.9 Å². The highest BCUT2D eigenvalue weighted by Gasteiger charge is 2.17. The topological polar surface area (TPSA) is 74.0 Å². The van der Waals surface area contributed by atoms with Gasteiger partial charge in [-0.15, -0.1) is 0 Å². The molecule has 2 aromatic heterocycles. The average Bonchev–Trinajstić information content (AvgIpc) is 3.22. The first-order valence-corrected chi connectivity index (χ1v) is 9.02. The van der Waals surface area contributed by atoms with Crippen LogP contribution in [0.2, 0.25) is 10.0 Å². The molecule has 1 N–H and O–H groups in total. The van der Waals surface area contributed by atoms with Gasteiger partial charge in [-0.05, 0) is 32.0 Å². The van der Waals surface area contributed by atoms with E-state index in [0.29, 0.717) is 21.5 Å². The summed E-state index contributed by atoms with van der Waals surface area (Å²) in [5.41, 5.74) is 2.14. The zero-order valence-electron chi connectivity index (χ0n) is 15.1. The second-order valence-electron chi connectivity index (χ2n) is 6.10. The van der Waals surface area contributed by atoms with Crippen LogP contribution in [0.15, 0.2) is 36.7 Å². The Labute approximate surface area is 166 Å². The van der Waals surface area contributed by atoms with Crippen LogP contribution in [0.1, 0.15) is 34.7 Å². The van der Waals surface area contributed by atoms with E-state index in [4.69, 9.17) is 27.9 Å². The first kappa shape index (κ1) is 19.3. The molecule has 142 valence electrons. The minimum Gasteiger partial charge on any atom is -0.470 e. The molecule has 1 unspecified atom stereocenters. The molecular formula is C18H19Cl2N5O2. The number of benzene rings is 1. The van der Waals surface area contributed by atoms with Gasteiger partial charge in [0.05, 0.1) is 16.8 Å². The van der Waals surface area contributed by atoms with Crippen molar-refractivity contribution in [3.63, 3.8) is 0 Å². The molecule has 0 fully saturated rings. The zero-order valence-corrected chi connectivity index (χ0v) is 16.6. The van der Waals surface area contributed by atoms with Crippen LogP contribution >= 0.6 is 23.2 Å². The molecule has 3 aromatic rings. The van der Waals surface area contributed by atoms with E-state index in [2.05, 4.69) is 15.5 Å². The van der Waals surface area contributed by atoms with Crippen LogP contribution in [-0.2, 0) is 13.8 Å². The zero-order chi connectivity index (χ0) is 19.6. The van der Waals surface area contributed by atoms with Crippen LogP contribution in [-0.4, -0.2) is 25.5 Å². The third-order valence-corrected chi connectivity index (χ3v) is 4.81. The van der Waals surface area contributed by atoms with E-state index in [0.717, 1.165) is 11.3 Å². The summed E-state index contributed by atoms with van der Waals surface area (Å²) < 4.78 is 8.84. The minimum atomic E-state index is -0.273. The van der Waals surface area contributed by atoms with Crippen LogP contribution in [0.3, 0.4) is 0 Å². The molecule has 0 radical (unpaired) electrons. The Morgan fingerprint density at radius 3 is 2.78 bits per heavy atom. The summed E-state index contributed by atoms with van der Waals surface area (Å²) in [7, 11) is 1.85. The maximum Gasteiger partial charge on any atom is 0.272 e. The lowest BCUT2D eigenvalue weighted by atomic mass is 10.1. The maximum absolute atomic E-state index is 12.4. The number of hydrogen-bond acceptors (Lipinski definition) is 4. The number of rotatable bonds is 6. The predicted octanol–water partition coefficient (Wildman–Crippen LogP) is 3.76. The van der Waals surface area contributed by atoms with Gasteiger partial charge in [-0.2, -0.15) is 10.2 Å². The summed E-state index contributed by atoms with van der Waals surface area (Å²) >= 11 is 12.0. The van der Waals surface area contributed by atoms with Crippen molar-refractivity contribution in [3.8, 4) is 5.75 Å². The van der Waals surface area contributed by atoms with E-state index in [9.17, 15) is 4.79 Å². The van der Waals surface area contributed by atoms with Gasteiger partial charge in [0.2, 0.25) is 0 Å². The van der Waals surface area contributed by atoms with Crippen LogP contribution in [0.4, 0.5) is 0 Å². The van der Waals surface area contributed by atoms with Crippen molar-refractivity contribution in [2.75, 3.05) is 0 Å². The monoisotopic (exact) mass is 407 g/mol. The number of nitrogens with zero attached hydrogens (tertiary/aromatic N) is 4. The molecular weight excluding hydrogens is 389 g/mol. The summed E-state index contributed by atoms with van der Waals surface area (Å²) in [6.07, 6.45) is 3.55. The van der Waals surface area contributed by atoms with Crippen molar-refractivity contribution in [2.24, 2.45) is 7.05 Å². The molecule has 0 aliphatic carbocycles. The lowest BCUT2D eigenvalue weighted by Gasteiger charge is -2.12. The van der Waals surface area contributed by atoms with E-state index in [-0.39, 0.29) is 18.7 Å². The standard InChI is InChI=1S/C18H19Cl2N5O2/c1-11(13-9-24(3)22-12(13)2)21-18(26)15-7-8-25(23-15)10-27-16-6-4-5-14(19)17(16)20/h4-9,11H,10H2,1-3H3,(H,21,26). The van der Waals surface area contributed by atoms with E-state index >= 15 is 0 Å². The Morgan fingerprint density at radius 2 is 2.07 bits per heavy atom. The number of nitrogens with one attached hydrogen (secondary N) is 1. The van der Waals surface area contributed by atoms with Crippen molar-refractivity contribution in [3.05, 3.63) is 63.7 Å². The summed E-state index contributed by atoms with van der Waals surface area (Å²) in [5, 5.41) is 12.2. The van der Waals surface area contributed by atoms with Gasteiger partial charge in [-0.3, -0.25) is 9.48 Å². The first-order chi connectivity index (χ1) is 12.8. The fraction of sp³-hybridized carbons (Fsp3) is 0.278. The largest absolute Gasteiger partial charge is 0.470 e. The summed E-state index contributed by atoms with van der Waals surface area (Å²) in [5.74, 6) is 0.177. The summed E-state index contributed by atoms with van der Waals surface area (Å²) in [6.45, 7) is 3.92. The third kappa shape index (κ3) is 4.43. The number of aryl methyl sites for hydroxylation is 2. The fourth-order valence-electron chi connectivity index (χ4n) is 2.68. The number of aromatic nitrogens is 4. The van der Waals surface area contributed by atoms with Crippen molar-refractivity contribution in [1.29, 1.82) is 0 Å². The SMILES string of the molecule is Cc1nn(C)cc1C(C)NC(=O)c1ccn(COc2cccc(Cl)c2Cl)n1. The van der Waals surface area contributed by atoms with Crippen molar-refractivity contribution >= 4 is 29.1 Å². The fourth-order valence-corrected chi connectivity index (χ4v) is 3.02. The Bertz CT molecular complexity index is 967. The third-order valence-electron chi connectivity index (χ3n) is 4.01. The average molecular weight is 408 g/mol. The smallest absolute Gasteiger partial charge is 0.272 e. The molecule has 0 saturated carbocycles. The molecule has 1 aromatic carbocycles. The maximum atomic E-state index is 12.4. The van der Waals surface area contributed by atoms with Gasteiger partial charge in [0.25, 0.3) is 5.91 Å². The predicted molar refractivity (Wildman–Crippen MR) is 103 cm³/mol. The molecule has 1 amide bonds. The van der Waals surface area contributed by atoms with E-state index in [1.54, 1.807) is 35.1 Å². The molecule has 0 spiro atoms. The van der Waals surface area contributed by atoms with Gasteiger partial charge in [-0.25, -0.2) is 4.68 Å². The van der Waals surface area contributed by atoms with Crippen LogP contribution in [0, 0.1) is 6.92 Å². The number of amides is 1. The lowest BCUT2D eigenvalue weighted by molar-refractivity contribution is 0.0932. The lowest BCUT2D eigenvalue weighted by Crippen LogP contribution is -2.27. The second kappa shape index (κ2) is 8.02. The molecule has 27 heavy (non-hydrogen) atoms. The van der Waals surface area contributed by atoms with E-state index in [1.165, 1.54) is 4.68 Å². The van der Waals surface area contributed by atoms with Gasteiger partial charge in [-0.1, -0.05) is 29.3 Å². The van der Waals surface area contributed by atoms with Crippen molar-refractivity contribution < 1.29 is 9.53 Å². The molecule has 2 heterocycles. The van der Waals surface area contributed by atoms with Crippen LogP contribution in [0.25, 0.3) is 0 Å². The Hall–Kier alpha value is -2.51. The molecule has 7 nitrogen and oxygen atoms in total. The number of hydrogen-bond donors (Lipinski definition) is 1. The number of ether oxygens (including phenoxy) is 1. The normalized spacial score (nSPS) is 12.0. The van der Waals surface area contributed by atoms with Gasteiger partial charge in [0, 0.05) is 25.0 Å². The summed E-state index contributed by atoms with van der Waals surface area (Å²) in [6, 6.07) is 6.58.